The Labute approximate surface area is 218 Å². The number of phenolic OH excluding ortho intramolecular Hbond substituents is 1. The number of phenols is 1. The van der Waals surface area contributed by atoms with Gasteiger partial charge in [-0.3, -0.25) is 4.79 Å². The second-order valence-corrected chi connectivity index (χ2v) is 10.2. The van der Waals surface area contributed by atoms with E-state index in [1.54, 1.807) is 11.0 Å². The zero-order valence-electron chi connectivity index (χ0n) is 20.0. The maximum Gasteiger partial charge on any atom is 0.253 e. The van der Waals surface area contributed by atoms with E-state index < -0.39 is 0 Å². The van der Waals surface area contributed by atoms with Crippen molar-refractivity contribution in [1.82, 2.24) is 9.80 Å². The largest absolute Gasteiger partial charge is 0.508 e. The van der Waals surface area contributed by atoms with Gasteiger partial charge < -0.3 is 14.9 Å². The van der Waals surface area contributed by atoms with Crippen LogP contribution in [0.3, 0.4) is 0 Å². The van der Waals surface area contributed by atoms with Crippen LogP contribution in [0.4, 0.5) is 0 Å². The van der Waals surface area contributed by atoms with Crippen LogP contribution in [0.1, 0.15) is 52.6 Å². The van der Waals surface area contributed by atoms with Gasteiger partial charge >= 0.3 is 0 Å². The zero-order valence-corrected chi connectivity index (χ0v) is 21.6. The van der Waals surface area contributed by atoms with Crippen LogP contribution in [0.5, 0.6) is 5.75 Å². The van der Waals surface area contributed by atoms with Gasteiger partial charge in [-0.15, -0.1) is 0 Å². The van der Waals surface area contributed by atoms with Gasteiger partial charge in [0.15, 0.2) is 0 Å². The number of piperidine rings is 1. The van der Waals surface area contributed by atoms with E-state index in [-0.39, 0.29) is 11.8 Å². The molecular formula is C29H32Cl2N2O2. The summed E-state index contributed by atoms with van der Waals surface area (Å²) in [6.07, 6.45) is 3.07. The molecule has 0 unspecified atom stereocenters. The SMILES string of the molecule is CN(C[C@@H](CCN1CCC(c2cccc(O)c2)CC1)c1ccc(Cl)c(Cl)c1)C(=O)c1ccccc1. The van der Waals surface area contributed by atoms with Gasteiger partial charge in [-0.2, -0.15) is 0 Å². The van der Waals surface area contributed by atoms with E-state index in [2.05, 4.69) is 11.0 Å². The number of rotatable bonds is 8. The summed E-state index contributed by atoms with van der Waals surface area (Å²) in [7, 11) is 1.86. The molecule has 0 radical (unpaired) electrons. The number of carbonyl (C=O) groups is 1. The summed E-state index contributed by atoms with van der Waals surface area (Å²) in [5.41, 5.74) is 3.01. The van der Waals surface area contributed by atoms with Crippen molar-refractivity contribution in [3.63, 3.8) is 0 Å². The predicted octanol–water partition coefficient (Wildman–Crippen LogP) is 6.82. The number of likely N-dealkylation sites (N-methyl/N-ethyl adjacent to an activating group) is 1. The Kier molecular flexibility index (Phi) is 8.72. The molecule has 1 aliphatic heterocycles. The number of nitrogens with zero attached hydrogens (tertiary/aromatic N) is 2. The molecule has 0 aliphatic carbocycles. The van der Waals surface area contributed by atoms with Crippen LogP contribution in [0, 0.1) is 0 Å². The van der Waals surface area contributed by atoms with Crippen LogP contribution in [-0.2, 0) is 0 Å². The van der Waals surface area contributed by atoms with Crippen LogP contribution in [0.2, 0.25) is 10.0 Å². The minimum absolute atomic E-state index is 0.0163. The van der Waals surface area contributed by atoms with Gasteiger partial charge in [-0.25, -0.2) is 0 Å². The minimum atomic E-state index is 0.0163. The highest BCUT2D eigenvalue weighted by molar-refractivity contribution is 6.42. The molecule has 1 amide bonds. The smallest absolute Gasteiger partial charge is 0.253 e. The first-order valence-corrected chi connectivity index (χ1v) is 12.9. The highest BCUT2D eigenvalue weighted by Gasteiger charge is 2.24. The van der Waals surface area contributed by atoms with Gasteiger partial charge in [-0.1, -0.05) is 59.6 Å². The van der Waals surface area contributed by atoms with Crippen molar-refractivity contribution in [1.29, 1.82) is 0 Å². The summed E-state index contributed by atoms with van der Waals surface area (Å²) in [5, 5.41) is 10.9. The normalized spacial score (nSPS) is 15.6. The number of benzene rings is 3. The highest BCUT2D eigenvalue weighted by atomic mass is 35.5. The van der Waals surface area contributed by atoms with E-state index in [4.69, 9.17) is 23.2 Å². The van der Waals surface area contributed by atoms with Gasteiger partial charge in [0.1, 0.15) is 5.75 Å². The third-order valence-electron chi connectivity index (χ3n) is 7.00. The fourth-order valence-corrected chi connectivity index (χ4v) is 5.26. The molecule has 6 heteroatoms. The first-order valence-electron chi connectivity index (χ1n) is 12.2. The van der Waals surface area contributed by atoms with Gasteiger partial charge in [-0.05, 0) is 92.3 Å². The second kappa shape index (κ2) is 11.9. The Morgan fingerprint density at radius 3 is 2.43 bits per heavy atom. The summed E-state index contributed by atoms with van der Waals surface area (Å²) in [5.74, 6) is 0.983. The molecule has 1 aliphatic rings. The third-order valence-corrected chi connectivity index (χ3v) is 7.74. The summed E-state index contributed by atoms with van der Waals surface area (Å²) < 4.78 is 0. The van der Waals surface area contributed by atoms with Crippen LogP contribution in [-0.4, -0.2) is 54.0 Å². The number of carbonyl (C=O) groups excluding carboxylic acids is 1. The van der Waals surface area contributed by atoms with Gasteiger partial charge in [0.05, 0.1) is 10.0 Å². The monoisotopic (exact) mass is 510 g/mol. The molecule has 4 nitrogen and oxygen atoms in total. The Bertz CT molecular complexity index is 1130. The van der Waals surface area contributed by atoms with Crippen LogP contribution in [0.25, 0.3) is 0 Å². The highest BCUT2D eigenvalue weighted by Crippen LogP contribution is 2.32. The lowest BCUT2D eigenvalue weighted by Gasteiger charge is -2.34. The van der Waals surface area contributed by atoms with E-state index in [1.807, 2.05) is 67.7 Å². The fourth-order valence-electron chi connectivity index (χ4n) is 4.95. The fraction of sp³-hybridized carbons (Fsp3) is 0.345. The van der Waals surface area contributed by atoms with Crippen molar-refractivity contribution < 1.29 is 9.90 Å². The standard InChI is InChI=1S/C29H32Cl2N2O2/c1-32(29(35)22-6-3-2-4-7-22)20-25(24-10-11-27(30)28(31)19-24)14-17-33-15-12-21(13-16-33)23-8-5-9-26(34)18-23/h2-11,18-19,21,25,34H,12-17,20H2,1H3/t25-/m1/s1. The average Bonchev–Trinajstić information content (AvgIpc) is 2.88. The lowest BCUT2D eigenvalue weighted by Crippen LogP contribution is -2.36. The lowest BCUT2D eigenvalue weighted by atomic mass is 9.88. The molecule has 35 heavy (non-hydrogen) atoms. The molecule has 1 atom stereocenters. The Hall–Kier alpha value is -2.53. The van der Waals surface area contributed by atoms with Crippen LogP contribution >= 0.6 is 23.2 Å². The quantitative estimate of drug-likeness (QED) is 0.361. The molecule has 4 rings (SSSR count). The molecular weight excluding hydrogens is 479 g/mol. The second-order valence-electron chi connectivity index (χ2n) is 9.42. The molecule has 1 heterocycles. The van der Waals surface area contributed by atoms with E-state index in [0.717, 1.165) is 44.5 Å². The summed E-state index contributed by atoms with van der Waals surface area (Å²) in [6.45, 7) is 3.59. The molecule has 1 saturated heterocycles. The predicted molar refractivity (Wildman–Crippen MR) is 144 cm³/mol. The van der Waals surface area contributed by atoms with Crippen molar-refractivity contribution in [2.45, 2.75) is 31.1 Å². The Balaban J connectivity index is 1.40. The molecule has 3 aromatic rings. The number of hydrogen-bond donors (Lipinski definition) is 1. The molecule has 0 saturated carbocycles. The van der Waals surface area contributed by atoms with Crippen LogP contribution < -0.4 is 0 Å². The van der Waals surface area contributed by atoms with Crippen molar-refractivity contribution in [3.05, 3.63) is 99.5 Å². The lowest BCUT2D eigenvalue weighted by molar-refractivity contribution is 0.0781. The first-order chi connectivity index (χ1) is 16.9. The van der Waals surface area contributed by atoms with Crippen LogP contribution in [0.15, 0.2) is 72.8 Å². The van der Waals surface area contributed by atoms with E-state index in [0.29, 0.717) is 33.8 Å². The summed E-state index contributed by atoms with van der Waals surface area (Å²) in [6, 6.07) is 22.8. The number of hydrogen-bond acceptors (Lipinski definition) is 3. The van der Waals surface area contributed by atoms with Crippen molar-refractivity contribution >= 4 is 29.1 Å². The van der Waals surface area contributed by atoms with E-state index in [9.17, 15) is 9.90 Å². The molecule has 1 N–H and O–H groups in total. The first kappa shape index (κ1) is 25.6. The Morgan fingerprint density at radius 2 is 1.74 bits per heavy atom. The van der Waals surface area contributed by atoms with Crippen molar-refractivity contribution in [3.8, 4) is 5.75 Å². The molecule has 0 aromatic heterocycles. The number of aromatic hydroxyl groups is 1. The van der Waals surface area contributed by atoms with Gasteiger partial charge in [0.2, 0.25) is 0 Å². The van der Waals surface area contributed by atoms with Crippen molar-refractivity contribution in [2.75, 3.05) is 33.2 Å². The van der Waals surface area contributed by atoms with Gasteiger partial charge in [0.25, 0.3) is 5.91 Å². The maximum atomic E-state index is 13.0. The Morgan fingerprint density at radius 1 is 1.00 bits per heavy atom. The summed E-state index contributed by atoms with van der Waals surface area (Å²) in [4.78, 5) is 17.3. The molecule has 0 spiro atoms. The molecule has 184 valence electrons. The molecule has 3 aromatic carbocycles. The molecule has 0 bridgehead atoms. The minimum Gasteiger partial charge on any atom is -0.508 e. The van der Waals surface area contributed by atoms with E-state index in [1.165, 1.54) is 5.56 Å². The number of amides is 1. The number of likely N-dealkylation sites (tertiary alicyclic amines) is 1. The third kappa shape index (κ3) is 6.78. The topological polar surface area (TPSA) is 43.8 Å². The summed E-state index contributed by atoms with van der Waals surface area (Å²) >= 11 is 12.5. The van der Waals surface area contributed by atoms with Gasteiger partial charge in [0, 0.05) is 25.1 Å². The van der Waals surface area contributed by atoms with Crippen molar-refractivity contribution in [2.24, 2.45) is 0 Å². The average molecular weight is 511 g/mol. The maximum absolute atomic E-state index is 13.0. The zero-order chi connectivity index (χ0) is 24.8. The van der Waals surface area contributed by atoms with E-state index >= 15 is 0 Å². The molecule has 1 fully saturated rings. The number of halogens is 2.